The van der Waals surface area contributed by atoms with E-state index >= 15 is 0 Å². The molecule has 1 saturated carbocycles. The number of nitrogens with one attached hydrogen (secondary N) is 1. The second kappa shape index (κ2) is 5.83. The maximum absolute atomic E-state index is 4.61. The van der Waals surface area contributed by atoms with Crippen molar-refractivity contribution in [2.75, 3.05) is 5.32 Å². The lowest BCUT2D eigenvalue weighted by Crippen LogP contribution is -2.23. The fourth-order valence-electron chi connectivity index (χ4n) is 2.63. The summed E-state index contributed by atoms with van der Waals surface area (Å²) in [7, 11) is 0. The summed E-state index contributed by atoms with van der Waals surface area (Å²) in [6.45, 7) is 0. The fraction of sp³-hybridized carbons (Fsp3) is 0.375. The first-order valence-electron chi connectivity index (χ1n) is 7.07. The molecule has 0 saturated heterocycles. The van der Waals surface area contributed by atoms with Crippen LogP contribution in [-0.4, -0.2) is 16.0 Å². The highest BCUT2D eigenvalue weighted by Gasteiger charge is 2.14. The molecule has 1 fully saturated rings. The molecule has 1 aliphatic rings. The second-order valence-corrected chi connectivity index (χ2v) is 5.11. The zero-order valence-corrected chi connectivity index (χ0v) is 11.0. The molecule has 19 heavy (non-hydrogen) atoms. The molecule has 0 spiro atoms. The largest absolute Gasteiger partial charge is 0.351 e. The monoisotopic (exact) mass is 253 g/mol. The minimum atomic E-state index is 0.541. The van der Waals surface area contributed by atoms with Crippen molar-refractivity contribution in [1.29, 1.82) is 0 Å². The Morgan fingerprint density at radius 1 is 0.947 bits per heavy atom. The Bertz CT molecular complexity index is 519. The van der Waals surface area contributed by atoms with E-state index in [4.69, 9.17) is 0 Å². The third-order valence-corrected chi connectivity index (χ3v) is 3.66. The van der Waals surface area contributed by atoms with Crippen LogP contribution in [0.4, 0.5) is 5.95 Å². The molecule has 0 bridgehead atoms. The Kier molecular flexibility index (Phi) is 3.73. The van der Waals surface area contributed by atoms with Crippen LogP contribution in [0.5, 0.6) is 0 Å². The van der Waals surface area contributed by atoms with E-state index in [2.05, 4.69) is 27.4 Å². The zero-order chi connectivity index (χ0) is 12.9. The van der Waals surface area contributed by atoms with Gasteiger partial charge in [0.05, 0.1) is 5.69 Å². The maximum atomic E-state index is 4.61. The van der Waals surface area contributed by atoms with Crippen molar-refractivity contribution in [3.63, 3.8) is 0 Å². The van der Waals surface area contributed by atoms with Crippen LogP contribution in [0.1, 0.15) is 32.1 Å². The highest BCUT2D eigenvalue weighted by molar-refractivity contribution is 5.59. The second-order valence-electron chi connectivity index (χ2n) is 5.11. The Morgan fingerprint density at radius 3 is 2.53 bits per heavy atom. The van der Waals surface area contributed by atoms with E-state index in [1.807, 2.05) is 30.5 Å². The predicted molar refractivity (Wildman–Crippen MR) is 78.0 cm³/mol. The summed E-state index contributed by atoms with van der Waals surface area (Å²) in [5.41, 5.74) is 2.12. The number of aromatic nitrogens is 2. The Morgan fingerprint density at radius 2 is 1.74 bits per heavy atom. The molecule has 0 aliphatic heterocycles. The van der Waals surface area contributed by atoms with E-state index in [1.165, 1.54) is 32.1 Å². The van der Waals surface area contributed by atoms with Crippen molar-refractivity contribution in [3.05, 3.63) is 42.6 Å². The van der Waals surface area contributed by atoms with Gasteiger partial charge < -0.3 is 5.32 Å². The predicted octanol–water partition coefficient (Wildman–Crippen LogP) is 3.89. The lowest BCUT2D eigenvalue weighted by atomic mass is 9.96. The van der Waals surface area contributed by atoms with E-state index in [0.29, 0.717) is 6.04 Å². The van der Waals surface area contributed by atoms with Gasteiger partial charge in [-0.1, -0.05) is 49.6 Å². The molecule has 1 aromatic heterocycles. The summed E-state index contributed by atoms with van der Waals surface area (Å²) in [5, 5.41) is 3.47. The minimum Gasteiger partial charge on any atom is -0.351 e. The number of anilines is 1. The van der Waals surface area contributed by atoms with Gasteiger partial charge >= 0.3 is 0 Å². The summed E-state index contributed by atoms with van der Waals surface area (Å²) < 4.78 is 0. The molecule has 1 aromatic carbocycles. The van der Waals surface area contributed by atoms with Gasteiger partial charge in [0.15, 0.2) is 0 Å². The van der Waals surface area contributed by atoms with Gasteiger partial charge in [0.2, 0.25) is 5.95 Å². The maximum Gasteiger partial charge on any atom is 0.223 e. The number of hydrogen-bond donors (Lipinski definition) is 1. The molecule has 3 rings (SSSR count). The van der Waals surface area contributed by atoms with Crippen LogP contribution in [-0.2, 0) is 0 Å². The normalized spacial score (nSPS) is 16.2. The molecule has 1 heterocycles. The minimum absolute atomic E-state index is 0.541. The Labute approximate surface area is 114 Å². The lowest BCUT2D eigenvalue weighted by Gasteiger charge is -2.22. The average molecular weight is 253 g/mol. The molecular formula is C16H19N3. The standard InChI is InChI=1S/C16H19N3/c1-3-7-13(8-4-1)15-11-12-17-16(19-15)18-14-9-5-2-6-10-14/h1,3-4,7-8,11-12,14H,2,5-6,9-10H2,(H,17,18,19). The van der Waals surface area contributed by atoms with Crippen molar-refractivity contribution in [3.8, 4) is 11.3 Å². The van der Waals surface area contributed by atoms with Gasteiger partial charge in [0.25, 0.3) is 0 Å². The molecule has 0 atom stereocenters. The Hall–Kier alpha value is -1.90. The van der Waals surface area contributed by atoms with Crippen molar-refractivity contribution in [1.82, 2.24) is 9.97 Å². The van der Waals surface area contributed by atoms with Crippen LogP contribution in [0.25, 0.3) is 11.3 Å². The molecule has 3 heteroatoms. The van der Waals surface area contributed by atoms with Crippen molar-refractivity contribution >= 4 is 5.95 Å². The summed E-state index contributed by atoms with van der Waals surface area (Å²) in [5.74, 6) is 0.758. The molecule has 0 unspecified atom stereocenters. The molecular weight excluding hydrogens is 234 g/mol. The Balaban J connectivity index is 1.76. The average Bonchev–Trinajstić information content (AvgIpc) is 2.49. The van der Waals surface area contributed by atoms with Crippen LogP contribution in [0.3, 0.4) is 0 Å². The molecule has 0 radical (unpaired) electrons. The number of hydrogen-bond acceptors (Lipinski definition) is 3. The highest BCUT2D eigenvalue weighted by atomic mass is 15.1. The molecule has 0 amide bonds. The molecule has 1 N–H and O–H groups in total. The van der Waals surface area contributed by atoms with Gasteiger partial charge in [-0.25, -0.2) is 9.97 Å². The van der Waals surface area contributed by atoms with E-state index in [1.54, 1.807) is 0 Å². The fourth-order valence-corrected chi connectivity index (χ4v) is 2.63. The van der Waals surface area contributed by atoms with Gasteiger partial charge in [-0.15, -0.1) is 0 Å². The van der Waals surface area contributed by atoms with Gasteiger partial charge in [0, 0.05) is 17.8 Å². The van der Waals surface area contributed by atoms with Crippen molar-refractivity contribution in [2.24, 2.45) is 0 Å². The number of benzene rings is 1. The number of rotatable bonds is 3. The summed E-state index contributed by atoms with van der Waals surface area (Å²) >= 11 is 0. The quantitative estimate of drug-likeness (QED) is 0.901. The lowest BCUT2D eigenvalue weighted by molar-refractivity contribution is 0.461. The van der Waals surface area contributed by atoms with Crippen LogP contribution in [0.2, 0.25) is 0 Å². The van der Waals surface area contributed by atoms with E-state index < -0.39 is 0 Å². The van der Waals surface area contributed by atoms with E-state index in [-0.39, 0.29) is 0 Å². The van der Waals surface area contributed by atoms with Crippen molar-refractivity contribution in [2.45, 2.75) is 38.1 Å². The third-order valence-electron chi connectivity index (χ3n) is 3.66. The first-order valence-corrected chi connectivity index (χ1v) is 7.07. The highest BCUT2D eigenvalue weighted by Crippen LogP contribution is 2.21. The van der Waals surface area contributed by atoms with Crippen LogP contribution >= 0.6 is 0 Å². The molecule has 1 aliphatic carbocycles. The van der Waals surface area contributed by atoms with Crippen molar-refractivity contribution < 1.29 is 0 Å². The van der Waals surface area contributed by atoms with Crippen LogP contribution in [0, 0.1) is 0 Å². The molecule has 3 nitrogen and oxygen atoms in total. The van der Waals surface area contributed by atoms with E-state index in [9.17, 15) is 0 Å². The topological polar surface area (TPSA) is 37.8 Å². The first kappa shape index (κ1) is 12.2. The third kappa shape index (κ3) is 3.11. The number of nitrogens with zero attached hydrogens (tertiary/aromatic N) is 2. The molecule has 98 valence electrons. The van der Waals surface area contributed by atoms with Crippen LogP contribution < -0.4 is 5.32 Å². The smallest absolute Gasteiger partial charge is 0.223 e. The molecule has 2 aromatic rings. The zero-order valence-electron chi connectivity index (χ0n) is 11.0. The van der Waals surface area contributed by atoms with Crippen LogP contribution in [0.15, 0.2) is 42.6 Å². The summed E-state index contributed by atoms with van der Waals surface area (Å²) in [6, 6.07) is 12.7. The summed E-state index contributed by atoms with van der Waals surface area (Å²) in [6.07, 6.45) is 8.30. The van der Waals surface area contributed by atoms with Gasteiger partial charge in [-0.05, 0) is 18.9 Å². The van der Waals surface area contributed by atoms with Gasteiger partial charge in [-0.2, -0.15) is 0 Å². The summed E-state index contributed by atoms with van der Waals surface area (Å²) in [4.78, 5) is 8.95. The first-order chi connectivity index (χ1) is 9.42. The van der Waals surface area contributed by atoms with E-state index in [0.717, 1.165) is 17.2 Å². The van der Waals surface area contributed by atoms with Gasteiger partial charge in [0.1, 0.15) is 0 Å². The SMILES string of the molecule is c1ccc(-c2ccnc(NC3CCCCC3)n2)cc1. The van der Waals surface area contributed by atoms with Gasteiger partial charge in [-0.3, -0.25) is 0 Å².